The molecule has 2 heterocycles. The molecular weight excluding hydrogens is 274 g/mol. The molecule has 3 rings (SSSR count). The molecule has 0 spiro atoms. The van der Waals surface area contributed by atoms with Gasteiger partial charge in [0, 0.05) is 30.8 Å². The van der Waals surface area contributed by atoms with Gasteiger partial charge in [-0.15, -0.1) is 0 Å². The van der Waals surface area contributed by atoms with E-state index in [1.807, 2.05) is 19.1 Å². The molecule has 0 aliphatic carbocycles. The van der Waals surface area contributed by atoms with Crippen LogP contribution in [0.1, 0.15) is 36.3 Å². The SMILES string of the molecule is CCc1cc(N2CCC(c3ccccc3OC)C2)nc(C)n1. The Kier molecular flexibility index (Phi) is 4.27. The number of methoxy groups -OCH3 is 1. The van der Waals surface area contributed by atoms with Crippen molar-refractivity contribution in [2.24, 2.45) is 0 Å². The number of benzene rings is 1. The molecule has 1 aromatic heterocycles. The van der Waals surface area contributed by atoms with E-state index in [9.17, 15) is 0 Å². The molecule has 0 bridgehead atoms. The Labute approximate surface area is 132 Å². The Balaban J connectivity index is 1.81. The fourth-order valence-corrected chi connectivity index (χ4v) is 3.18. The standard InChI is InChI=1S/C18H23N3O/c1-4-15-11-18(20-13(2)19-15)21-10-9-14(12-21)16-7-5-6-8-17(16)22-3/h5-8,11,14H,4,9-10,12H2,1-3H3. The van der Waals surface area contributed by atoms with Crippen LogP contribution in [-0.4, -0.2) is 30.2 Å². The van der Waals surface area contributed by atoms with Crippen LogP contribution < -0.4 is 9.64 Å². The number of aryl methyl sites for hydroxylation is 2. The number of anilines is 1. The van der Waals surface area contributed by atoms with E-state index < -0.39 is 0 Å². The summed E-state index contributed by atoms with van der Waals surface area (Å²) in [6.45, 7) is 6.12. The van der Waals surface area contributed by atoms with Gasteiger partial charge >= 0.3 is 0 Å². The third-order valence-corrected chi connectivity index (χ3v) is 4.33. The quantitative estimate of drug-likeness (QED) is 0.867. The number of hydrogen-bond donors (Lipinski definition) is 0. The number of rotatable bonds is 4. The summed E-state index contributed by atoms with van der Waals surface area (Å²) >= 11 is 0. The highest BCUT2D eigenvalue weighted by Crippen LogP contribution is 2.34. The van der Waals surface area contributed by atoms with Gasteiger partial charge in [-0.3, -0.25) is 0 Å². The molecule has 1 aliphatic heterocycles. The predicted molar refractivity (Wildman–Crippen MR) is 88.7 cm³/mol. The molecule has 2 aromatic rings. The molecule has 1 aromatic carbocycles. The van der Waals surface area contributed by atoms with Crippen molar-refractivity contribution in [1.29, 1.82) is 0 Å². The lowest BCUT2D eigenvalue weighted by atomic mass is 9.97. The van der Waals surface area contributed by atoms with E-state index >= 15 is 0 Å². The number of para-hydroxylation sites is 1. The van der Waals surface area contributed by atoms with E-state index in [2.05, 4.69) is 40.0 Å². The molecule has 22 heavy (non-hydrogen) atoms. The Morgan fingerprint density at radius 1 is 1.27 bits per heavy atom. The molecule has 1 saturated heterocycles. The van der Waals surface area contributed by atoms with Crippen molar-refractivity contribution in [2.45, 2.75) is 32.6 Å². The molecule has 0 saturated carbocycles. The Hall–Kier alpha value is -2.10. The van der Waals surface area contributed by atoms with Gasteiger partial charge in [0.05, 0.1) is 7.11 Å². The largest absolute Gasteiger partial charge is 0.496 e. The monoisotopic (exact) mass is 297 g/mol. The van der Waals surface area contributed by atoms with Crippen LogP contribution in [0, 0.1) is 6.92 Å². The summed E-state index contributed by atoms with van der Waals surface area (Å²) in [5, 5.41) is 0. The second kappa shape index (κ2) is 6.34. The topological polar surface area (TPSA) is 38.2 Å². The van der Waals surface area contributed by atoms with Crippen LogP contribution in [-0.2, 0) is 6.42 Å². The van der Waals surface area contributed by atoms with Gasteiger partial charge in [0.2, 0.25) is 0 Å². The van der Waals surface area contributed by atoms with Gasteiger partial charge < -0.3 is 9.64 Å². The first-order valence-corrected chi connectivity index (χ1v) is 7.93. The number of aromatic nitrogens is 2. The van der Waals surface area contributed by atoms with Crippen molar-refractivity contribution in [3.05, 3.63) is 47.4 Å². The van der Waals surface area contributed by atoms with Crippen LogP contribution in [0.15, 0.2) is 30.3 Å². The molecule has 0 radical (unpaired) electrons. The zero-order valence-corrected chi connectivity index (χ0v) is 13.5. The number of ether oxygens (including phenoxy) is 1. The van der Waals surface area contributed by atoms with Gasteiger partial charge in [0.15, 0.2) is 0 Å². The summed E-state index contributed by atoms with van der Waals surface area (Å²) in [7, 11) is 1.74. The maximum atomic E-state index is 5.51. The van der Waals surface area contributed by atoms with E-state index in [4.69, 9.17) is 4.74 Å². The average Bonchev–Trinajstić information content (AvgIpc) is 3.04. The minimum absolute atomic E-state index is 0.497. The van der Waals surface area contributed by atoms with Crippen molar-refractivity contribution < 1.29 is 4.74 Å². The van der Waals surface area contributed by atoms with E-state index in [0.717, 1.165) is 49.0 Å². The first-order chi connectivity index (χ1) is 10.7. The summed E-state index contributed by atoms with van der Waals surface area (Å²) in [4.78, 5) is 11.5. The van der Waals surface area contributed by atoms with Gasteiger partial charge in [0.1, 0.15) is 17.4 Å². The highest BCUT2D eigenvalue weighted by atomic mass is 16.5. The fourth-order valence-electron chi connectivity index (χ4n) is 3.18. The van der Waals surface area contributed by atoms with E-state index in [-0.39, 0.29) is 0 Å². The Morgan fingerprint density at radius 3 is 2.86 bits per heavy atom. The van der Waals surface area contributed by atoms with Gasteiger partial charge in [0.25, 0.3) is 0 Å². The zero-order chi connectivity index (χ0) is 15.5. The van der Waals surface area contributed by atoms with Gasteiger partial charge in [-0.05, 0) is 31.4 Å². The van der Waals surface area contributed by atoms with Crippen LogP contribution in [0.2, 0.25) is 0 Å². The van der Waals surface area contributed by atoms with Crippen LogP contribution >= 0.6 is 0 Å². The van der Waals surface area contributed by atoms with Crippen molar-refractivity contribution in [1.82, 2.24) is 9.97 Å². The lowest BCUT2D eigenvalue weighted by Crippen LogP contribution is -2.21. The molecule has 0 N–H and O–H groups in total. The molecule has 116 valence electrons. The van der Waals surface area contributed by atoms with Crippen LogP contribution in [0.25, 0.3) is 0 Å². The Morgan fingerprint density at radius 2 is 2.09 bits per heavy atom. The third kappa shape index (κ3) is 2.91. The van der Waals surface area contributed by atoms with Crippen molar-refractivity contribution in [3.8, 4) is 5.75 Å². The maximum Gasteiger partial charge on any atom is 0.132 e. The Bertz CT molecular complexity index is 657. The van der Waals surface area contributed by atoms with Crippen LogP contribution in [0.4, 0.5) is 5.82 Å². The number of nitrogens with zero attached hydrogens (tertiary/aromatic N) is 3. The second-order valence-electron chi connectivity index (χ2n) is 5.79. The highest BCUT2D eigenvalue weighted by Gasteiger charge is 2.27. The normalized spacial score (nSPS) is 17.8. The lowest BCUT2D eigenvalue weighted by molar-refractivity contribution is 0.406. The van der Waals surface area contributed by atoms with Crippen LogP contribution in [0.5, 0.6) is 5.75 Å². The molecule has 1 fully saturated rings. The van der Waals surface area contributed by atoms with Crippen molar-refractivity contribution in [2.75, 3.05) is 25.1 Å². The van der Waals surface area contributed by atoms with Gasteiger partial charge in [-0.25, -0.2) is 9.97 Å². The maximum absolute atomic E-state index is 5.51. The summed E-state index contributed by atoms with van der Waals surface area (Å²) in [6, 6.07) is 10.5. The third-order valence-electron chi connectivity index (χ3n) is 4.33. The molecule has 1 atom stereocenters. The smallest absolute Gasteiger partial charge is 0.132 e. The molecule has 4 heteroatoms. The first-order valence-electron chi connectivity index (χ1n) is 7.93. The van der Waals surface area contributed by atoms with Crippen molar-refractivity contribution in [3.63, 3.8) is 0 Å². The molecule has 0 amide bonds. The van der Waals surface area contributed by atoms with Gasteiger partial charge in [-0.1, -0.05) is 25.1 Å². The minimum Gasteiger partial charge on any atom is -0.496 e. The first kappa shape index (κ1) is 14.8. The molecule has 1 unspecified atom stereocenters. The fraction of sp³-hybridized carbons (Fsp3) is 0.444. The molecular formula is C18H23N3O. The zero-order valence-electron chi connectivity index (χ0n) is 13.5. The lowest BCUT2D eigenvalue weighted by Gasteiger charge is -2.19. The van der Waals surface area contributed by atoms with E-state index in [1.54, 1.807) is 7.11 Å². The van der Waals surface area contributed by atoms with E-state index in [1.165, 1.54) is 5.56 Å². The molecule has 1 aliphatic rings. The summed E-state index contributed by atoms with van der Waals surface area (Å²) < 4.78 is 5.51. The minimum atomic E-state index is 0.497. The molecule has 4 nitrogen and oxygen atoms in total. The predicted octanol–water partition coefficient (Wildman–Crippen LogP) is 3.35. The van der Waals surface area contributed by atoms with Gasteiger partial charge in [-0.2, -0.15) is 0 Å². The summed E-state index contributed by atoms with van der Waals surface area (Å²) in [6.07, 6.45) is 2.07. The summed E-state index contributed by atoms with van der Waals surface area (Å²) in [5.41, 5.74) is 2.41. The highest BCUT2D eigenvalue weighted by molar-refractivity contribution is 5.45. The number of hydrogen-bond acceptors (Lipinski definition) is 4. The summed E-state index contributed by atoms with van der Waals surface area (Å²) in [5.74, 6) is 3.40. The van der Waals surface area contributed by atoms with Crippen molar-refractivity contribution >= 4 is 5.82 Å². The van der Waals surface area contributed by atoms with Crippen LogP contribution in [0.3, 0.4) is 0 Å². The average molecular weight is 297 g/mol. The van der Waals surface area contributed by atoms with E-state index in [0.29, 0.717) is 5.92 Å². The second-order valence-corrected chi connectivity index (χ2v) is 5.79.